The molecule has 0 fully saturated rings. The van der Waals surface area contributed by atoms with Crippen molar-refractivity contribution in [2.75, 3.05) is 0 Å². The second-order valence-corrected chi connectivity index (χ2v) is 10.5. The van der Waals surface area contributed by atoms with Crippen molar-refractivity contribution < 1.29 is 4.39 Å². The Hall–Kier alpha value is -3.63. The van der Waals surface area contributed by atoms with Crippen LogP contribution in [0.25, 0.3) is 10.8 Å². The third kappa shape index (κ3) is 8.69. The van der Waals surface area contributed by atoms with E-state index in [1.54, 1.807) is 0 Å². The molecule has 0 aromatic heterocycles. The lowest BCUT2D eigenvalue weighted by molar-refractivity contribution is 0.595. The number of hydrogen-bond acceptors (Lipinski definition) is 0. The molecule has 0 amide bonds. The molecular formula is C38H41F. The number of fused-ring (bicyclic) bond motifs is 1. The summed E-state index contributed by atoms with van der Waals surface area (Å²) < 4.78 is 15.1. The molecule has 39 heavy (non-hydrogen) atoms. The first-order valence-electron chi connectivity index (χ1n) is 14.7. The van der Waals surface area contributed by atoms with E-state index in [1.165, 1.54) is 42.4 Å². The molecule has 4 aromatic carbocycles. The highest BCUT2D eigenvalue weighted by atomic mass is 19.1. The highest BCUT2D eigenvalue weighted by molar-refractivity contribution is 5.85. The quantitative estimate of drug-likeness (QED) is 0.0998. The number of aryl methyl sites for hydroxylation is 4. The topological polar surface area (TPSA) is 0 Å². The van der Waals surface area contributed by atoms with Gasteiger partial charge in [-0.1, -0.05) is 111 Å². The first-order chi connectivity index (χ1) is 19.2. The fourth-order valence-corrected chi connectivity index (χ4v) is 5.00. The molecule has 1 heteroatoms. The van der Waals surface area contributed by atoms with Crippen LogP contribution in [-0.2, 0) is 25.7 Å². The van der Waals surface area contributed by atoms with E-state index < -0.39 is 0 Å². The van der Waals surface area contributed by atoms with E-state index in [1.807, 2.05) is 30.3 Å². The lowest BCUT2D eigenvalue weighted by Gasteiger charge is -2.07. The molecule has 0 saturated carbocycles. The van der Waals surface area contributed by atoms with Gasteiger partial charge in [-0.3, -0.25) is 0 Å². The van der Waals surface area contributed by atoms with Crippen molar-refractivity contribution in [2.24, 2.45) is 0 Å². The van der Waals surface area contributed by atoms with Crippen LogP contribution < -0.4 is 0 Å². The van der Waals surface area contributed by atoms with Crippen LogP contribution in [0.4, 0.5) is 4.39 Å². The smallest absolute Gasteiger partial charge is 0.134 e. The van der Waals surface area contributed by atoms with Crippen molar-refractivity contribution >= 4 is 10.8 Å². The van der Waals surface area contributed by atoms with Crippen molar-refractivity contribution in [1.82, 2.24) is 0 Å². The highest BCUT2D eigenvalue weighted by Crippen LogP contribution is 2.24. The third-order valence-corrected chi connectivity index (χ3v) is 7.45. The van der Waals surface area contributed by atoms with Crippen LogP contribution in [0.5, 0.6) is 0 Å². The second-order valence-electron chi connectivity index (χ2n) is 10.5. The minimum Gasteiger partial charge on any atom is -0.206 e. The zero-order valence-electron chi connectivity index (χ0n) is 23.6. The average molecular weight is 517 g/mol. The summed E-state index contributed by atoms with van der Waals surface area (Å²) in [6.45, 7) is 4.29. The molecule has 0 unspecified atom stereocenters. The lowest BCUT2D eigenvalue weighted by atomic mass is 9.99. The van der Waals surface area contributed by atoms with Crippen LogP contribution in [0.15, 0.2) is 91.0 Å². The van der Waals surface area contributed by atoms with E-state index in [2.05, 4.69) is 86.4 Å². The molecule has 0 atom stereocenters. The SMILES string of the molecule is C/C=C/CCc1ccc(CCc2ccc(C#Cc3ccc4c(F)c(CCCCCCC)ccc4c3)cc2)cc1. The van der Waals surface area contributed by atoms with Crippen LogP contribution in [0.1, 0.15) is 85.8 Å². The molecule has 200 valence electrons. The first kappa shape index (κ1) is 28.4. The predicted octanol–water partition coefficient (Wildman–Crippen LogP) is 10.2. The zero-order valence-corrected chi connectivity index (χ0v) is 23.6. The summed E-state index contributed by atoms with van der Waals surface area (Å²) in [5.41, 5.74) is 6.83. The van der Waals surface area contributed by atoms with Crippen LogP contribution in [0.2, 0.25) is 0 Å². The summed E-state index contributed by atoms with van der Waals surface area (Å²) in [7, 11) is 0. The number of benzene rings is 4. The molecule has 0 aliphatic rings. The van der Waals surface area contributed by atoms with Crippen molar-refractivity contribution in [3.8, 4) is 11.8 Å². The highest BCUT2D eigenvalue weighted by Gasteiger charge is 2.08. The van der Waals surface area contributed by atoms with Crippen LogP contribution >= 0.6 is 0 Å². The fourth-order valence-electron chi connectivity index (χ4n) is 5.00. The maximum absolute atomic E-state index is 15.1. The van der Waals surface area contributed by atoms with Crippen LogP contribution in [-0.4, -0.2) is 0 Å². The van der Waals surface area contributed by atoms with Gasteiger partial charge < -0.3 is 0 Å². The Morgan fingerprint density at radius 1 is 0.641 bits per heavy atom. The van der Waals surface area contributed by atoms with Gasteiger partial charge in [0.25, 0.3) is 0 Å². The summed E-state index contributed by atoms with van der Waals surface area (Å²) in [6.07, 6.45) is 15.4. The number of allylic oxidation sites excluding steroid dienone is 2. The molecule has 0 aliphatic carbocycles. The number of hydrogen-bond donors (Lipinski definition) is 0. The average Bonchev–Trinajstić information content (AvgIpc) is 2.97. The normalized spacial score (nSPS) is 11.2. The van der Waals surface area contributed by atoms with Gasteiger partial charge in [0.05, 0.1) is 0 Å². The molecule has 0 nitrogen and oxygen atoms in total. The van der Waals surface area contributed by atoms with Crippen LogP contribution in [0, 0.1) is 17.7 Å². The van der Waals surface area contributed by atoms with E-state index in [0.29, 0.717) is 5.39 Å². The monoisotopic (exact) mass is 516 g/mol. The molecule has 0 N–H and O–H groups in total. The molecule has 0 bridgehead atoms. The summed E-state index contributed by atoms with van der Waals surface area (Å²) in [5, 5.41) is 1.61. The maximum atomic E-state index is 15.1. The third-order valence-electron chi connectivity index (χ3n) is 7.45. The Morgan fingerprint density at radius 3 is 1.95 bits per heavy atom. The Labute approximate surface area is 235 Å². The summed E-state index contributed by atoms with van der Waals surface area (Å²) in [6, 6.07) is 27.4. The zero-order chi connectivity index (χ0) is 27.3. The van der Waals surface area contributed by atoms with Crippen molar-refractivity contribution in [3.63, 3.8) is 0 Å². The minimum absolute atomic E-state index is 0.0709. The molecule has 0 radical (unpaired) electrons. The van der Waals surface area contributed by atoms with Gasteiger partial charge in [0.2, 0.25) is 0 Å². The number of rotatable bonds is 12. The van der Waals surface area contributed by atoms with Crippen molar-refractivity contribution in [1.29, 1.82) is 0 Å². The van der Waals surface area contributed by atoms with E-state index in [4.69, 9.17) is 0 Å². The predicted molar refractivity (Wildman–Crippen MR) is 166 cm³/mol. The first-order valence-corrected chi connectivity index (χ1v) is 14.7. The Kier molecular flexibility index (Phi) is 11.0. The second kappa shape index (κ2) is 15.1. The maximum Gasteiger partial charge on any atom is 0.134 e. The number of halogens is 1. The summed E-state index contributed by atoms with van der Waals surface area (Å²) in [5.74, 6) is 6.47. The van der Waals surface area contributed by atoms with E-state index in [0.717, 1.165) is 60.6 Å². The van der Waals surface area contributed by atoms with Crippen molar-refractivity contribution in [3.05, 3.63) is 130 Å². The summed E-state index contributed by atoms with van der Waals surface area (Å²) >= 11 is 0. The molecular weight excluding hydrogens is 475 g/mol. The van der Waals surface area contributed by atoms with Crippen LogP contribution in [0.3, 0.4) is 0 Å². The van der Waals surface area contributed by atoms with Gasteiger partial charge in [-0.2, -0.15) is 0 Å². The molecule has 4 rings (SSSR count). The van der Waals surface area contributed by atoms with Gasteiger partial charge in [0.1, 0.15) is 5.82 Å². The van der Waals surface area contributed by atoms with Gasteiger partial charge in [-0.05, 0) is 97.4 Å². The Balaban J connectivity index is 1.32. The largest absolute Gasteiger partial charge is 0.206 e. The molecule has 0 saturated heterocycles. The summed E-state index contributed by atoms with van der Waals surface area (Å²) in [4.78, 5) is 0. The Bertz CT molecular complexity index is 1410. The van der Waals surface area contributed by atoms with E-state index in [9.17, 15) is 0 Å². The fraction of sp³-hybridized carbons (Fsp3) is 0.316. The van der Waals surface area contributed by atoms with Gasteiger partial charge in [0.15, 0.2) is 0 Å². The minimum atomic E-state index is -0.0709. The van der Waals surface area contributed by atoms with Gasteiger partial charge in [0, 0.05) is 16.5 Å². The molecule has 4 aromatic rings. The van der Waals surface area contributed by atoms with E-state index >= 15 is 4.39 Å². The molecule has 0 aliphatic heterocycles. The van der Waals surface area contributed by atoms with Gasteiger partial charge >= 0.3 is 0 Å². The standard InChI is InChI=1S/C38H41F/c1-3-5-7-8-10-12-35-26-27-36-29-34(25-28-37(36)38(35)39)24-23-33-21-19-32(20-22-33)18-17-31-15-13-30(14-16-31)11-9-6-4-2/h4,6,13-16,19-22,25-29H,3,5,7-12,17-18H2,1-2H3/b6-4+. The Morgan fingerprint density at radius 2 is 1.26 bits per heavy atom. The molecule has 0 spiro atoms. The van der Waals surface area contributed by atoms with Crippen molar-refractivity contribution in [2.45, 2.75) is 78.1 Å². The number of unbranched alkanes of at least 4 members (excludes halogenated alkanes) is 4. The molecule has 0 heterocycles. The van der Waals surface area contributed by atoms with E-state index in [-0.39, 0.29) is 5.82 Å². The van der Waals surface area contributed by atoms with Gasteiger partial charge in [-0.15, -0.1) is 0 Å². The lowest BCUT2D eigenvalue weighted by Crippen LogP contribution is -1.93. The van der Waals surface area contributed by atoms with Gasteiger partial charge in [-0.25, -0.2) is 4.39 Å².